The molecule has 1 unspecified atom stereocenters. The maximum Gasteiger partial charge on any atom is 0.325 e. The Hall–Kier alpha value is -3.55. The third-order valence-electron chi connectivity index (χ3n) is 7.16. The van der Waals surface area contributed by atoms with Crippen LogP contribution in [0.3, 0.4) is 0 Å². The van der Waals surface area contributed by atoms with Gasteiger partial charge in [-0.05, 0) is 48.9 Å². The zero-order valence-electron chi connectivity index (χ0n) is 18.2. The molecule has 170 valence electrons. The minimum absolute atomic E-state index is 0.341. The molecule has 4 aliphatic rings. The predicted octanol–water partition coefficient (Wildman–Crippen LogP) is 3.15. The third kappa shape index (κ3) is 3.32. The molecule has 2 spiro atoms. The first-order valence-corrected chi connectivity index (χ1v) is 11.5. The standard InChI is InChI=1S/C25H25N3O5/c29-21(26-18-7-8-19-20(13-18)33-25(32-19)10-3-4-11-25)15-28-22(30)24(27-23(28)31)12-9-16-5-1-2-6-17(16)14-24/h1-2,5-8,13H,3-4,9-12,14-15H2,(H,26,29)(H,27,31). The van der Waals surface area contributed by atoms with E-state index < -0.39 is 23.3 Å². The highest BCUT2D eigenvalue weighted by atomic mass is 16.7. The minimum Gasteiger partial charge on any atom is -0.448 e. The van der Waals surface area contributed by atoms with Gasteiger partial charge in [-0.25, -0.2) is 4.79 Å². The average Bonchev–Trinajstić information content (AvgIpc) is 3.47. The Labute approximate surface area is 191 Å². The van der Waals surface area contributed by atoms with Gasteiger partial charge in [0.15, 0.2) is 11.5 Å². The molecule has 33 heavy (non-hydrogen) atoms. The summed E-state index contributed by atoms with van der Waals surface area (Å²) in [5, 5.41) is 5.64. The van der Waals surface area contributed by atoms with Crippen molar-refractivity contribution in [2.45, 2.75) is 56.3 Å². The van der Waals surface area contributed by atoms with Gasteiger partial charge in [-0.1, -0.05) is 24.3 Å². The van der Waals surface area contributed by atoms with E-state index in [1.54, 1.807) is 18.2 Å². The molecule has 1 saturated heterocycles. The summed E-state index contributed by atoms with van der Waals surface area (Å²) in [7, 11) is 0. The molecule has 2 fully saturated rings. The van der Waals surface area contributed by atoms with E-state index in [1.807, 2.05) is 18.2 Å². The van der Waals surface area contributed by atoms with Gasteiger partial charge in [0.25, 0.3) is 11.7 Å². The van der Waals surface area contributed by atoms with Crippen LogP contribution in [0.5, 0.6) is 11.5 Å². The molecule has 2 N–H and O–H groups in total. The van der Waals surface area contributed by atoms with Gasteiger partial charge >= 0.3 is 6.03 Å². The fourth-order valence-electron chi connectivity index (χ4n) is 5.48. The van der Waals surface area contributed by atoms with Crippen molar-refractivity contribution < 1.29 is 23.9 Å². The molecule has 1 saturated carbocycles. The van der Waals surface area contributed by atoms with Crippen LogP contribution in [0.2, 0.25) is 0 Å². The molecule has 4 amide bonds. The summed E-state index contributed by atoms with van der Waals surface area (Å²) in [6.07, 6.45) is 5.50. The Balaban J connectivity index is 1.13. The summed E-state index contributed by atoms with van der Waals surface area (Å²) in [5.74, 6) is -0.0851. The number of imide groups is 1. The van der Waals surface area contributed by atoms with Crippen molar-refractivity contribution >= 4 is 23.5 Å². The number of rotatable bonds is 3. The first-order chi connectivity index (χ1) is 16.0. The number of hydrogen-bond donors (Lipinski definition) is 2. The van der Waals surface area contributed by atoms with E-state index >= 15 is 0 Å². The zero-order chi connectivity index (χ0) is 22.6. The van der Waals surface area contributed by atoms with Crippen LogP contribution >= 0.6 is 0 Å². The first-order valence-electron chi connectivity index (χ1n) is 11.5. The minimum atomic E-state index is -0.972. The van der Waals surface area contributed by atoms with Crippen LogP contribution < -0.4 is 20.1 Å². The van der Waals surface area contributed by atoms with Crippen LogP contribution in [0, 0.1) is 0 Å². The van der Waals surface area contributed by atoms with Crippen molar-refractivity contribution in [2.75, 3.05) is 11.9 Å². The number of nitrogens with one attached hydrogen (secondary N) is 2. The fraction of sp³-hybridized carbons (Fsp3) is 0.400. The number of aryl methyl sites for hydroxylation is 1. The van der Waals surface area contributed by atoms with Crippen LogP contribution in [-0.2, 0) is 22.4 Å². The molecule has 2 aromatic carbocycles. The highest BCUT2D eigenvalue weighted by molar-refractivity contribution is 6.10. The number of anilines is 1. The molecule has 0 radical (unpaired) electrons. The Morgan fingerprint density at radius 3 is 2.58 bits per heavy atom. The third-order valence-corrected chi connectivity index (χ3v) is 7.16. The number of fused-ring (bicyclic) bond motifs is 2. The van der Waals surface area contributed by atoms with E-state index in [-0.39, 0.29) is 12.5 Å². The fourth-order valence-corrected chi connectivity index (χ4v) is 5.48. The molecule has 0 bridgehead atoms. The molecule has 2 aromatic rings. The number of carbonyl (C=O) groups is 3. The Morgan fingerprint density at radius 1 is 1.00 bits per heavy atom. The maximum absolute atomic E-state index is 13.2. The predicted molar refractivity (Wildman–Crippen MR) is 119 cm³/mol. The molecular formula is C25H25N3O5. The first kappa shape index (κ1) is 20.1. The lowest BCUT2D eigenvalue weighted by Gasteiger charge is -2.32. The second-order valence-electron chi connectivity index (χ2n) is 9.38. The van der Waals surface area contributed by atoms with Gasteiger partial charge in [-0.15, -0.1) is 0 Å². The Morgan fingerprint density at radius 2 is 1.76 bits per heavy atom. The normalized spacial score (nSPS) is 24.3. The summed E-state index contributed by atoms with van der Waals surface area (Å²) in [5.41, 5.74) is 1.82. The summed E-state index contributed by atoms with van der Waals surface area (Å²) in [4.78, 5) is 39.6. The topological polar surface area (TPSA) is 97.0 Å². The molecular weight excluding hydrogens is 422 g/mol. The summed E-state index contributed by atoms with van der Waals surface area (Å²) >= 11 is 0. The second kappa shape index (κ2) is 7.23. The van der Waals surface area contributed by atoms with E-state index in [2.05, 4.69) is 16.7 Å². The lowest BCUT2D eigenvalue weighted by atomic mass is 9.78. The molecule has 0 aromatic heterocycles. The van der Waals surface area contributed by atoms with Crippen LogP contribution in [-0.4, -0.2) is 40.6 Å². The van der Waals surface area contributed by atoms with Crippen molar-refractivity contribution in [3.05, 3.63) is 53.6 Å². The lowest BCUT2D eigenvalue weighted by molar-refractivity contribution is -0.134. The number of amides is 4. The lowest BCUT2D eigenvalue weighted by Crippen LogP contribution is -2.51. The van der Waals surface area contributed by atoms with E-state index in [0.717, 1.165) is 36.1 Å². The van der Waals surface area contributed by atoms with Crippen molar-refractivity contribution in [3.8, 4) is 11.5 Å². The summed E-state index contributed by atoms with van der Waals surface area (Å²) in [6, 6.07) is 12.7. The number of benzene rings is 2. The quantitative estimate of drug-likeness (QED) is 0.705. The molecule has 6 rings (SSSR count). The van der Waals surface area contributed by atoms with E-state index in [9.17, 15) is 14.4 Å². The molecule has 2 aliphatic carbocycles. The molecule has 1 atom stereocenters. The van der Waals surface area contributed by atoms with Crippen LogP contribution in [0.15, 0.2) is 42.5 Å². The van der Waals surface area contributed by atoms with Gasteiger partial charge in [0, 0.05) is 31.0 Å². The number of carbonyl (C=O) groups excluding carboxylic acids is 3. The van der Waals surface area contributed by atoms with Crippen LogP contribution in [0.25, 0.3) is 0 Å². The second-order valence-corrected chi connectivity index (χ2v) is 9.38. The van der Waals surface area contributed by atoms with E-state index in [0.29, 0.717) is 36.4 Å². The van der Waals surface area contributed by atoms with Crippen molar-refractivity contribution in [1.82, 2.24) is 10.2 Å². The van der Waals surface area contributed by atoms with Gasteiger partial charge in [0.05, 0.1) is 0 Å². The Bertz CT molecular complexity index is 1170. The average molecular weight is 447 g/mol. The van der Waals surface area contributed by atoms with Crippen molar-refractivity contribution in [2.24, 2.45) is 0 Å². The Kier molecular flexibility index (Phi) is 4.40. The van der Waals surface area contributed by atoms with Gasteiger partial charge in [0.2, 0.25) is 5.91 Å². The monoisotopic (exact) mass is 447 g/mol. The number of nitrogens with zero attached hydrogens (tertiary/aromatic N) is 1. The van der Waals surface area contributed by atoms with Gasteiger partial charge < -0.3 is 20.1 Å². The van der Waals surface area contributed by atoms with E-state index in [1.165, 1.54) is 5.56 Å². The SMILES string of the molecule is O=C(CN1C(=O)NC2(CCc3ccccc3C2)C1=O)Nc1ccc2c(c1)OC1(CCCC1)O2. The van der Waals surface area contributed by atoms with Crippen LogP contribution in [0.4, 0.5) is 10.5 Å². The number of hydrogen-bond acceptors (Lipinski definition) is 5. The number of urea groups is 1. The molecule has 8 nitrogen and oxygen atoms in total. The van der Waals surface area contributed by atoms with Gasteiger partial charge in [0.1, 0.15) is 12.1 Å². The summed E-state index contributed by atoms with van der Waals surface area (Å²) in [6.45, 7) is -0.341. The molecule has 8 heteroatoms. The molecule has 2 aliphatic heterocycles. The van der Waals surface area contributed by atoms with Crippen molar-refractivity contribution in [1.29, 1.82) is 0 Å². The highest BCUT2D eigenvalue weighted by Crippen LogP contribution is 2.47. The summed E-state index contributed by atoms with van der Waals surface area (Å²) < 4.78 is 12.0. The van der Waals surface area contributed by atoms with Crippen LogP contribution in [0.1, 0.15) is 43.2 Å². The van der Waals surface area contributed by atoms with Gasteiger partial charge in [-0.3, -0.25) is 14.5 Å². The number of ether oxygens (including phenoxy) is 2. The largest absolute Gasteiger partial charge is 0.448 e. The van der Waals surface area contributed by atoms with Crippen molar-refractivity contribution in [3.63, 3.8) is 0 Å². The van der Waals surface area contributed by atoms with E-state index in [4.69, 9.17) is 9.47 Å². The smallest absolute Gasteiger partial charge is 0.325 e. The maximum atomic E-state index is 13.2. The highest BCUT2D eigenvalue weighted by Gasteiger charge is 2.52. The molecule has 2 heterocycles. The zero-order valence-corrected chi connectivity index (χ0v) is 18.2. The van der Waals surface area contributed by atoms with Gasteiger partial charge in [-0.2, -0.15) is 0 Å².